The molecule has 122 valence electrons. The number of aliphatic hydroxyl groups is 1. The Labute approximate surface area is 132 Å². The van der Waals surface area contributed by atoms with Gasteiger partial charge >= 0.3 is 0 Å². The third-order valence-corrected chi connectivity index (χ3v) is 3.85. The molecule has 1 saturated heterocycles. The summed E-state index contributed by atoms with van der Waals surface area (Å²) in [5.74, 6) is 0.347. The minimum atomic E-state index is -0.898. The van der Waals surface area contributed by atoms with Gasteiger partial charge in [0.2, 0.25) is 11.8 Å². The number of hydrogen-bond donors (Lipinski definition) is 2. The highest BCUT2D eigenvalue weighted by Gasteiger charge is 2.34. The fraction of sp³-hybridized carbons (Fsp3) is 0.375. The first kappa shape index (κ1) is 15.4. The number of carbonyl (C=O) groups excluding carboxylic acids is 2. The number of rotatable bonds is 6. The van der Waals surface area contributed by atoms with Crippen LogP contribution in [0, 0.1) is 5.92 Å². The van der Waals surface area contributed by atoms with Gasteiger partial charge < -0.3 is 24.2 Å². The maximum absolute atomic E-state index is 12.2. The first-order chi connectivity index (χ1) is 11.1. The summed E-state index contributed by atoms with van der Waals surface area (Å²) in [5.41, 5.74) is 0. The van der Waals surface area contributed by atoms with Gasteiger partial charge in [0.05, 0.1) is 31.5 Å². The lowest BCUT2D eigenvalue weighted by Crippen LogP contribution is -2.35. The highest BCUT2D eigenvalue weighted by molar-refractivity contribution is 5.89. The topological polar surface area (TPSA) is 95.9 Å². The van der Waals surface area contributed by atoms with Gasteiger partial charge in [0.15, 0.2) is 0 Å². The van der Waals surface area contributed by atoms with Crippen LogP contribution in [0.3, 0.4) is 0 Å². The molecule has 3 rings (SSSR count). The van der Waals surface area contributed by atoms with Gasteiger partial charge in [-0.05, 0) is 24.3 Å². The van der Waals surface area contributed by atoms with Crippen molar-refractivity contribution in [1.29, 1.82) is 0 Å². The van der Waals surface area contributed by atoms with Gasteiger partial charge in [-0.15, -0.1) is 0 Å². The molecule has 0 spiro atoms. The fourth-order valence-corrected chi connectivity index (χ4v) is 2.61. The van der Waals surface area contributed by atoms with Crippen LogP contribution >= 0.6 is 0 Å². The van der Waals surface area contributed by atoms with Gasteiger partial charge in [0.1, 0.15) is 17.6 Å². The molecule has 0 radical (unpaired) electrons. The summed E-state index contributed by atoms with van der Waals surface area (Å²) in [7, 11) is 0. The molecular weight excluding hydrogens is 300 g/mol. The van der Waals surface area contributed by atoms with Gasteiger partial charge in [-0.1, -0.05) is 0 Å². The Morgan fingerprint density at radius 3 is 2.83 bits per heavy atom. The van der Waals surface area contributed by atoms with Crippen molar-refractivity contribution in [2.24, 2.45) is 5.92 Å². The lowest BCUT2D eigenvalue weighted by Gasteiger charge is -2.15. The second-order valence-electron chi connectivity index (χ2n) is 5.53. The molecule has 3 heterocycles. The lowest BCUT2D eigenvalue weighted by atomic mass is 10.1. The molecule has 1 fully saturated rings. The molecule has 2 atom stereocenters. The number of carbonyl (C=O) groups is 2. The van der Waals surface area contributed by atoms with E-state index in [-0.39, 0.29) is 24.8 Å². The van der Waals surface area contributed by atoms with Crippen molar-refractivity contribution in [3.8, 4) is 0 Å². The van der Waals surface area contributed by atoms with Gasteiger partial charge in [0, 0.05) is 13.0 Å². The molecule has 2 aromatic heterocycles. The van der Waals surface area contributed by atoms with E-state index in [1.807, 2.05) is 0 Å². The van der Waals surface area contributed by atoms with Crippen LogP contribution in [-0.2, 0) is 16.1 Å². The quantitative estimate of drug-likeness (QED) is 0.830. The van der Waals surface area contributed by atoms with E-state index >= 15 is 0 Å². The molecule has 23 heavy (non-hydrogen) atoms. The van der Waals surface area contributed by atoms with Crippen molar-refractivity contribution < 1.29 is 23.5 Å². The molecule has 2 N–H and O–H groups in total. The van der Waals surface area contributed by atoms with Crippen LogP contribution in [0.25, 0.3) is 0 Å². The molecule has 7 heteroatoms. The second kappa shape index (κ2) is 6.70. The first-order valence-electron chi connectivity index (χ1n) is 7.43. The number of furan rings is 2. The first-order valence-corrected chi connectivity index (χ1v) is 7.43. The highest BCUT2D eigenvalue weighted by atomic mass is 16.4. The number of likely N-dealkylation sites (tertiary alicyclic amines) is 1. The molecule has 2 unspecified atom stereocenters. The molecular formula is C16H18N2O5. The molecule has 0 aromatic carbocycles. The second-order valence-corrected chi connectivity index (χ2v) is 5.53. The Bertz CT molecular complexity index is 650. The molecule has 1 aliphatic rings. The summed E-state index contributed by atoms with van der Waals surface area (Å²) in [5, 5.41) is 12.5. The van der Waals surface area contributed by atoms with Gasteiger partial charge in [-0.3, -0.25) is 9.59 Å². The zero-order chi connectivity index (χ0) is 16.2. The molecule has 0 aliphatic carbocycles. The SMILES string of the molecule is O=C(NCC(O)c1ccco1)C1CC(=O)N(Cc2ccco2)C1. The van der Waals surface area contributed by atoms with Crippen LogP contribution in [0.2, 0.25) is 0 Å². The molecule has 2 aromatic rings. The molecule has 0 saturated carbocycles. The summed E-state index contributed by atoms with van der Waals surface area (Å²) in [6.07, 6.45) is 2.28. The maximum atomic E-state index is 12.2. The monoisotopic (exact) mass is 318 g/mol. The van der Waals surface area contributed by atoms with Crippen molar-refractivity contribution in [1.82, 2.24) is 10.2 Å². The van der Waals surface area contributed by atoms with Crippen LogP contribution in [0.5, 0.6) is 0 Å². The predicted molar refractivity (Wildman–Crippen MR) is 78.9 cm³/mol. The Balaban J connectivity index is 1.49. The summed E-state index contributed by atoms with van der Waals surface area (Å²) >= 11 is 0. The van der Waals surface area contributed by atoms with Crippen LogP contribution < -0.4 is 5.32 Å². The molecule has 1 aliphatic heterocycles. The standard InChI is InChI=1S/C16H18N2O5/c19-13(14-4-2-6-23-14)8-17-16(21)11-7-15(20)18(9-11)10-12-3-1-5-22-12/h1-6,11,13,19H,7-10H2,(H,17,21). The number of hydrogen-bond acceptors (Lipinski definition) is 5. The number of aliphatic hydroxyl groups excluding tert-OH is 1. The average Bonchev–Trinajstić information content (AvgIpc) is 3.27. The highest BCUT2D eigenvalue weighted by Crippen LogP contribution is 2.21. The number of nitrogens with zero attached hydrogens (tertiary/aromatic N) is 1. The number of amides is 2. The van der Waals surface area contributed by atoms with E-state index in [9.17, 15) is 14.7 Å². The zero-order valence-electron chi connectivity index (χ0n) is 12.5. The summed E-state index contributed by atoms with van der Waals surface area (Å²) in [6.45, 7) is 0.766. The van der Waals surface area contributed by atoms with E-state index in [2.05, 4.69) is 5.32 Å². The number of nitrogens with one attached hydrogen (secondary N) is 1. The Hall–Kier alpha value is -2.54. The average molecular weight is 318 g/mol. The zero-order valence-corrected chi connectivity index (χ0v) is 12.5. The largest absolute Gasteiger partial charge is 0.467 e. The van der Waals surface area contributed by atoms with E-state index in [1.54, 1.807) is 35.4 Å². The Morgan fingerprint density at radius 1 is 1.35 bits per heavy atom. The summed E-state index contributed by atoms with van der Waals surface area (Å²) < 4.78 is 10.3. The predicted octanol–water partition coefficient (Wildman–Crippen LogP) is 1.07. The van der Waals surface area contributed by atoms with Gasteiger partial charge in [0.25, 0.3) is 0 Å². The van der Waals surface area contributed by atoms with Crippen molar-refractivity contribution >= 4 is 11.8 Å². The van der Waals surface area contributed by atoms with Gasteiger partial charge in [-0.2, -0.15) is 0 Å². The normalized spacial score (nSPS) is 19.1. The van der Waals surface area contributed by atoms with E-state index < -0.39 is 12.0 Å². The van der Waals surface area contributed by atoms with Crippen molar-refractivity contribution in [3.63, 3.8) is 0 Å². The smallest absolute Gasteiger partial charge is 0.225 e. The molecule has 2 amide bonds. The molecule has 0 bridgehead atoms. The van der Waals surface area contributed by atoms with Crippen molar-refractivity contribution in [2.45, 2.75) is 19.1 Å². The van der Waals surface area contributed by atoms with Crippen LogP contribution in [0.1, 0.15) is 24.0 Å². The summed E-state index contributed by atoms with van der Waals surface area (Å²) in [4.78, 5) is 25.7. The molecule has 7 nitrogen and oxygen atoms in total. The maximum Gasteiger partial charge on any atom is 0.225 e. The minimum absolute atomic E-state index is 0.0508. The van der Waals surface area contributed by atoms with Crippen LogP contribution in [0.4, 0.5) is 0 Å². The Morgan fingerprint density at radius 2 is 2.13 bits per heavy atom. The lowest BCUT2D eigenvalue weighted by molar-refractivity contribution is -0.129. The van der Waals surface area contributed by atoms with Crippen LogP contribution in [-0.4, -0.2) is 34.9 Å². The van der Waals surface area contributed by atoms with E-state index in [0.717, 1.165) is 0 Å². The van der Waals surface area contributed by atoms with Crippen molar-refractivity contribution in [2.75, 3.05) is 13.1 Å². The summed E-state index contributed by atoms with van der Waals surface area (Å²) in [6, 6.07) is 6.86. The third-order valence-electron chi connectivity index (χ3n) is 3.85. The Kier molecular flexibility index (Phi) is 4.47. The minimum Gasteiger partial charge on any atom is -0.467 e. The van der Waals surface area contributed by atoms with Crippen LogP contribution in [0.15, 0.2) is 45.6 Å². The van der Waals surface area contributed by atoms with E-state index in [0.29, 0.717) is 24.6 Å². The third kappa shape index (κ3) is 3.62. The van der Waals surface area contributed by atoms with Crippen molar-refractivity contribution in [3.05, 3.63) is 48.3 Å². The fourth-order valence-electron chi connectivity index (χ4n) is 2.61. The van der Waals surface area contributed by atoms with E-state index in [4.69, 9.17) is 8.83 Å². The van der Waals surface area contributed by atoms with E-state index in [1.165, 1.54) is 6.26 Å². The van der Waals surface area contributed by atoms with Gasteiger partial charge in [-0.25, -0.2) is 0 Å².